The van der Waals surface area contributed by atoms with Gasteiger partial charge in [-0.05, 0) is 191 Å². The zero-order valence-electron chi connectivity index (χ0n) is 70.1. The van der Waals surface area contributed by atoms with Gasteiger partial charge in [0.15, 0.2) is 0 Å². The number of anilines is 3. The summed E-state index contributed by atoms with van der Waals surface area (Å²) < 4.78 is 146. The maximum Gasteiger partial charge on any atom is 0.249 e. The highest BCUT2D eigenvalue weighted by Gasteiger charge is 2.44. The lowest BCUT2D eigenvalue weighted by Crippen LogP contribution is -2.60. The number of benzene rings is 14. The molecule has 2 aliphatic rings. The normalized spacial score (nSPS) is 14.8. The number of nitrogens with zero attached hydrogens (tertiary/aromatic N) is 4. The van der Waals surface area contributed by atoms with Gasteiger partial charge in [-0.1, -0.05) is 271 Å². The molecule has 0 saturated carbocycles. The SMILES string of the molecule is [2H]c1c([2H])c([2H])c2c(c1[2H])c1c([2H])c([2H])c([2H])c([2H])c1n2-c1cc2c3c(c1)N(c1ccc(C(C)(C)C)cc1-c1ccc(-c4ccccc4)cc1)c1cc(-n4c5c([2H])c([2H])c([2H])c([2H])c5c5c([2H])c(C#N)c([2H])c([2H])c54)ccc1B3c1cc(-c3cc(-c4ccccc4)cc(-c4ccccc4)c3)cc(-c3ccc(C(C)(C)C)cc3)c1S2. The number of para-hydroxylation sites is 3. The molecule has 2 aliphatic heterocycles. The predicted molar refractivity (Wildman–Crippen MR) is 420 cm³/mol. The molecule has 470 valence electrons. The molecule has 6 heteroatoms. The van der Waals surface area contributed by atoms with E-state index >= 15 is 0 Å². The third kappa shape index (κ3) is 10.1. The molecule has 99 heavy (non-hydrogen) atoms. The topological polar surface area (TPSA) is 36.9 Å². The van der Waals surface area contributed by atoms with E-state index in [1.807, 2.05) is 91.0 Å². The van der Waals surface area contributed by atoms with Crippen LogP contribution >= 0.6 is 11.8 Å². The number of hydrogen-bond donors (Lipinski definition) is 0. The van der Waals surface area contributed by atoms with Crippen molar-refractivity contribution in [3.8, 4) is 84.2 Å². The molecule has 0 N–H and O–H groups in total. The lowest BCUT2D eigenvalue weighted by molar-refractivity contribution is 0.590. The van der Waals surface area contributed by atoms with Gasteiger partial charge in [0.05, 0.1) is 59.9 Å². The van der Waals surface area contributed by atoms with Gasteiger partial charge in [-0.15, -0.1) is 0 Å². The summed E-state index contributed by atoms with van der Waals surface area (Å²) in [6, 6.07) is 68.9. The second-order valence-electron chi connectivity index (χ2n) is 27.6. The Balaban J connectivity index is 1.03. The Morgan fingerprint density at radius 3 is 1.43 bits per heavy atom. The third-order valence-corrected chi connectivity index (χ3v) is 20.8. The van der Waals surface area contributed by atoms with E-state index in [4.69, 9.17) is 4.11 Å². The quantitative estimate of drug-likeness (QED) is 0.135. The van der Waals surface area contributed by atoms with Gasteiger partial charge >= 0.3 is 0 Å². The van der Waals surface area contributed by atoms with Crippen molar-refractivity contribution in [2.75, 3.05) is 4.90 Å². The van der Waals surface area contributed by atoms with Gasteiger partial charge in [0.25, 0.3) is 0 Å². The minimum Gasteiger partial charge on any atom is -0.311 e. The highest BCUT2D eigenvalue weighted by molar-refractivity contribution is 8.00. The highest BCUT2D eigenvalue weighted by atomic mass is 32.2. The zero-order valence-corrected chi connectivity index (χ0v) is 55.9. The first-order valence-corrected chi connectivity index (χ1v) is 34.0. The smallest absolute Gasteiger partial charge is 0.249 e. The second-order valence-corrected chi connectivity index (χ2v) is 28.7. The number of fused-ring (bicyclic) bond motifs is 10. The lowest BCUT2D eigenvalue weighted by atomic mass is 9.34. The number of aromatic nitrogens is 2. The number of rotatable bonds is 9. The fourth-order valence-corrected chi connectivity index (χ4v) is 16.0. The summed E-state index contributed by atoms with van der Waals surface area (Å²) in [6.45, 7) is 12.3. The Morgan fingerprint density at radius 1 is 0.374 bits per heavy atom. The summed E-state index contributed by atoms with van der Waals surface area (Å²) in [5.74, 6) is 0. The average molecular weight is 1300 g/mol. The fourth-order valence-electron chi connectivity index (χ4n) is 14.7. The molecule has 0 aliphatic carbocycles. The molecule has 0 atom stereocenters. The third-order valence-electron chi connectivity index (χ3n) is 19.6. The van der Waals surface area contributed by atoms with Crippen LogP contribution in [0.3, 0.4) is 0 Å². The summed E-state index contributed by atoms with van der Waals surface area (Å²) in [5, 5.41) is 10.2. The van der Waals surface area contributed by atoms with Crippen molar-refractivity contribution in [2.45, 2.75) is 62.2 Å². The van der Waals surface area contributed by atoms with Crippen molar-refractivity contribution in [3.05, 3.63) is 326 Å². The van der Waals surface area contributed by atoms with Crippen LogP contribution in [-0.2, 0) is 10.8 Å². The fraction of sp³-hybridized carbons (Fsp3) is 0.0860. The van der Waals surface area contributed by atoms with Gasteiger partial charge in [-0.2, -0.15) is 5.26 Å². The Kier molecular flexibility index (Phi) is 10.8. The molecule has 0 amide bonds. The van der Waals surface area contributed by atoms with Crippen molar-refractivity contribution < 1.29 is 20.6 Å². The summed E-state index contributed by atoms with van der Waals surface area (Å²) in [4.78, 5) is 3.71. The molecule has 0 saturated heterocycles. The first kappa shape index (κ1) is 45.8. The van der Waals surface area contributed by atoms with E-state index in [0.717, 1.165) is 99.2 Å². The lowest BCUT2D eigenvalue weighted by Gasteiger charge is -2.42. The van der Waals surface area contributed by atoms with Crippen LogP contribution in [-0.4, -0.2) is 15.8 Å². The molecular weight excluding hydrogens is 1220 g/mol. The second kappa shape index (κ2) is 23.3. The van der Waals surface area contributed by atoms with E-state index in [1.165, 1.54) is 16.3 Å². The van der Waals surface area contributed by atoms with E-state index in [-0.39, 0.29) is 60.4 Å². The van der Waals surface area contributed by atoms with Crippen molar-refractivity contribution in [1.82, 2.24) is 9.13 Å². The maximum absolute atomic E-state index is 10.6. The minimum absolute atomic E-state index is 0.0761. The molecule has 0 spiro atoms. The van der Waals surface area contributed by atoms with Crippen LogP contribution in [0, 0.1) is 11.3 Å². The monoisotopic (exact) mass is 1300 g/mol. The Hall–Kier alpha value is -11.6. The van der Waals surface area contributed by atoms with Gasteiger partial charge < -0.3 is 14.0 Å². The Labute approximate surface area is 604 Å². The maximum atomic E-state index is 10.6. The van der Waals surface area contributed by atoms with Crippen LogP contribution in [0.4, 0.5) is 17.1 Å². The summed E-state index contributed by atoms with van der Waals surface area (Å²) in [6.07, 6.45) is 0. The molecule has 16 aromatic rings. The van der Waals surface area contributed by atoms with Crippen molar-refractivity contribution in [2.24, 2.45) is 0 Å². The minimum atomic E-state index is -0.727. The van der Waals surface area contributed by atoms with E-state index < -0.39 is 108 Å². The van der Waals surface area contributed by atoms with Crippen LogP contribution in [0.2, 0.25) is 0 Å². The van der Waals surface area contributed by atoms with Gasteiger partial charge in [-0.3, -0.25) is 0 Å². The molecule has 0 unspecified atom stereocenters. The first-order valence-electron chi connectivity index (χ1n) is 40.7. The molecule has 2 aromatic heterocycles. The first-order chi connectivity index (χ1) is 54.5. The summed E-state index contributed by atoms with van der Waals surface area (Å²) in [5.41, 5.74) is 16.6. The van der Waals surface area contributed by atoms with Crippen molar-refractivity contribution >= 4 is 95.5 Å². The van der Waals surface area contributed by atoms with Crippen LogP contribution in [0.5, 0.6) is 0 Å². The van der Waals surface area contributed by atoms with E-state index in [2.05, 4.69) is 180 Å². The predicted octanol–water partition coefficient (Wildman–Crippen LogP) is 23.1. The van der Waals surface area contributed by atoms with Gasteiger partial charge in [0, 0.05) is 59.6 Å². The number of hydrogen-bond acceptors (Lipinski definition) is 3. The van der Waals surface area contributed by atoms with Gasteiger partial charge in [0.2, 0.25) is 6.71 Å². The largest absolute Gasteiger partial charge is 0.311 e. The van der Waals surface area contributed by atoms with Gasteiger partial charge in [0.1, 0.15) is 0 Å². The standard InChI is InChI=1S/C93H69BN4S/c1-92(2,3)70-41-39-65(40-42-70)78-52-69(68-50-66(61-24-12-8-13-25-61)49-67(51-68)62-26-14-9-15-27-62)53-81-91(78)99-89-57-73(97-82-31-19-16-28-74(82)75-29-17-20-32-83(75)97)56-88-90(89)94(81)80-45-44-72(96-84-33-21-18-30-76(84)79-48-59(58-95)34-46-86(79)96)55-87(80)98(88)85-47-43-71(93(4,5)6)54-77(85)64-37-35-63(36-38-64)60-22-10-7-11-23-60/h7-57H,1-6H3/i16D,17D,18D,19D,20D,21D,28D,29D,30D,31D,32D,33D,34D,46D,48D. The van der Waals surface area contributed by atoms with E-state index in [1.54, 1.807) is 4.57 Å². The molecule has 14 aromatic carbocycles. The van der Waals surface area contributed by atoms with E-state index in [0.29, 0.717) is 22.0 Å². The molecule has 0 bridgehead atoms. The van der Waals surface area contributed by atoms with Gasteiger partial charge in [-0.25, -0.2) is 0 Å². The average Bonchev–Trinajstić information content (AvgIpc) is 0.881. The zero-order chi connectivity index (χ0) is 79.9. The summed E-state index contributed by atoms with van der Waals surface area (Å²) >= 11 is 1.53. The molecule has 0 fully saturated rings. The van der Waals surface area contributed by atoms with Crippen molar-refractivity contribution in [3.63, 3.8) is 0 Å². The van der Waals surface area contributed by atoms with Crippen molar-refractivity contribution in [1.29, 1.82) is 5.26 Å². The Morgan fingerprint density at radius 2 is 0.848 bits per heavy atom. The Bertz CT molecular complexity index is 6770. The van der Waals surface area contributed by atoms with Crippen LogP contribution < -0.4 is 21.3 Å². The van der Waals surface area contributed by atoms with Crippen LogP contribution in [0.15, 0.2) is 319 Å². The molecule has 18 rings (SSSR count). The summed E-state index contributed by atoms with van der Waals surface area (Å²) in [7, 11) is 0. The number of nitriles is 1. The molecule has 4 nitrogen and oxygen atoms in total. The van der Waals surface area contributed by atoms with Crippen LogP contribution in [0.1, 0.15) is 78.8 Å². The molecule has 0 radical (unpaired) electrons. The van der Waals surface area contributed by atoms with E-state index in [9.17, 15) is 21.7 Å². The molecule has 4 heterocycles. The van der Waals surface area contributed by atoms with Crippen LogP contribution in [0.25, 0.3) is 122 Å². The molecular formula is C93H69BN4S. The highest BCUT2D eigenvalue weighted by Crippen LogP contribution is 2.51.